The van der Waals surface area contributed by atoms with E-state index < -0.39 is 0 Å². The Bertz CT molecular complexity index is 3170. The maximum Gasteiger partial charge on any atom is 0.319 e. The number of hydrogen-bond acceptors (Lipinski definition) is 15. The molecule has 0 unspecified atom stereocenters. The highest BCUT2D eigenvalue weighted by Gasteiger charge is 2.38. The van der Waals surface area contributed by atoms with E-state index in [-0.39, 0.29) is 65.5 Å². The number of piperazine rings is 1. The summed E-state index contributed by atoms with van der Waals surface area (Å²) >= 11 is 6.81. The molecule has 19 heteroatoms. The number of piperidine rings is 1. The predicted octanol–water partition coefficient (Wildman–Crippen LogP) is 6.97. The Hall–Kier alpha value is -7.46. The third kappa shape index (κ3) is 10.7. The number of aromatic nitrogens is 5. The molecule has 3 saturated heterocycles. The zero-order chi connectivity index (χ0) is 53.2. The molecule has 0 bridgehead atoms. The van der Waals surface area contributed by atoms with Gasteiger partial charge >= 0.3 is 12.0 Å². The second-order valence-electron chi connectivity index (χ2n) is 20.8. The summed E-state index contributed by atoms with van der Waals surface area (Å²) in [6, 6.07) is 25.1. The number of nitriles is 1. The van der Waals surface area contributed by atoms with Crippen LogP contribution in [-0.4, -0.2) is 151 Å². The van der Waals surface area contributed by atoms with Gasteiger partial charge in [-0.15, -0.1) is 5.10 Å². The largest absolute Gasteiger partial charge is 0.508 e. The van der Waals surface area contributed by atoms with Gasteiger partial charge in [-0.1, -0.05) is 73.5 Å². The third-order valence-electron chi connectivity index (χ3n) is 15.8. The van der Waals surface area contributed by atoms with Crippen molar-refractivity contribution in [1.29, 1.82) is 5.26 Å². The van der Waals surface area contributed by atoms with Crippen molar-refractivity contribution in [3.05, 3.63) is 113 Å². The van der Waals surface area contributed by atoms with E-state index in [0.717, 1.165) is 84.5 Å². The van der Waals surface area contributed by atoms with Gasteiger partial charge in [-0.3, -0.25) is 19.4 Å². The molecule has 10 rings (SSSR count). The molecule has 6 heterocycles. The SMILES string of the molecule is C=CC(=O)N1CCN(c2nc(OC[C@@H]3C[C@H](N4CCC(C(=O)NCCc5ccc(-n6c(O)nnc6-c6cc(C(C)C)c(O)cc6O)cc5)CC4)CN3C)nc3c2CCN(c2cccc4cccc(Cl)c24)C3)C[C@@H]1CC#N. The number of rotatable bonds is 15. The Balaban J connectivity index is 0.745. The number of amides is 2. The topological polar surface area (TPSA) is 213 Å². The van der Waals surface area contributed by atoms with Gasteiger partial charge in [-0.05, 0) is 111 Å². The quantitative estimate of drug-likeness (QED) is 0.0765. The maximum absolute atomic E-state index is 13.5. The molecule has 396 valence electrons. The fourth-order valence-corrected chi connectivity index (χ4v) is 11.9. The van der Waals surface area contributed by atoms with Crippen LogP contribution in [0, 0.1) is 17.2 Å². The number of likely N-dealkylation sites (N-methyl/N-ethyl adjacent to an activating group) is 1. The number of carbonyl (C=O) groups is 2. The predicted molar refractivity (Wildman–Crippen MR) is 291 cm³/mol. The lowest BCUT2D eigenvalue weighted by Gasteiger charge is -2.42. The maximum atomic E-state index is 13.5. The minimum absolute atomic E-state index is 0.0132. The molecule has 6 aromatic rings. The van der Waals surface area contributed by atoms with Crippen LogP contribution in [0.1, 0.15) is 67.8 Å². The van der Waals surface area contributed by atoms with Crippen LogP contribution in [0.3, 0.4) is 0 Å². The number of carbonyl (C=O) groups excluding carboxylic acids is 2. The molecule has 2 amide bonds. The monoisotopic (exact) mass is 1050 g/mol. The fourth-order valence-electron chi connectivity index (χ4n) is 11.6. The lowest BCUT2D eigenvalue weighted by Crippen LogP contribution is -2.55. The van der Waals surface area contributed by atoms with Crippen molar-refractivity contribution in [3.8, 4) is 46.7 Å². The number of nitrogens with one attached hydrogen (secondary N) is 1. The average molecular weight is 1050 g/mol. The highest BCUT2D eigenvalue weighted by molar-refractivity contribution is 6.36. The number of phenolic OH excluding ortho intramolecular Hbond substituents is 2. The number of nitrogens with zero attached hydrogens (tertiary/aromatic N) is 11. The van der Waals surface area contributed by atoms with Gasteiger partial charge < -0.3 is 40.1 Å². The molecule has 0 saturated carbocycles. The van der Waals surface area contributed by atoms with E-state index in [9.17, 15) is 30.2 Å². The first-order chi connectivity index (χ1) is 36.8. The van der Waals surface area contributed by atoms with Crippen molar-refractivity contribution in [2.75, 3.05) is 75.8 Å². The van der Waals surface area contributed by atoms with Crippen molar-refractivity contribution >= 4 is 45.7 Å². The van der Waals surface area contributed by atoms with Crippen molar-refractivity contribution in [3.63, 3.8) is 0 Å². The second kappa shape index (κ2) is 22.4. The summed E-state index contributed by atoms with van der Waals surface area (Å²) in [5.41, 5.74) is 5.54. The highest BCUT2D eigenvalue weighted by atomic mass is 35.5. The summed E-state index contributed by atoms with van der Waals surface area (Å²) in [7, 11) is 2.13. The Morgan fingerprint density at radius 1 is 0.934 bits per heavy atom. The molecular weight excluding hydrogens is 984 g/mol. The van der Waals surface area contributed by atoms with E-state index in [0.29, 0.717) is 86.1 Å². The fraction of sp³-hybridized carbons (Fsp3) is 0.421. The zero-order valence-corrected chi connectivity index (χ0v) is 44.0. The summed E-state index contributed by atoms with van der Waals surface area (Å²) in [4.78, 5) is 47.6. The molecule has 0 aliphatic carbocycles. The number of aromatic hydroxyl groups is 3. The van der Waals surface area contributed by atoms with Crippen molar-refractivity contribution < 1.29 is 29.6 Å². The van der Waals surface area contributed by atoms with Crippen LogP contribution < -0.4 is 19.9 Å². The van der Waals surface area contributed by atoms with Crippen LogP contribution in [0.15, 0.2) is 85.5 Å². The van der Waals surface area contributed by atoms with Gasteiger partial charge in [-0.25, -0.2) is 4.57 Å². The van der Waals surface area contributed by atoms with Crippen LogP contribution in [0.4, 0.5) is 11.5 Å². The first-order valence-corrected chi connectivity index (χ1v) is 26.7. The smallest absolute Gasteiger partial charge is 0.319 e. The number of likely N-dealkylation sites (tertiary alicyclic amines) is 2. The Labute approximate surface area is 447 Å². The van der Waals surface area contributed by atoms with E-state index in [1.54, 1.807) is 11.0 Å². The molecule has 18 nitrogen and oxygen atoms in total. The van der Waals surface area contributed by atoms with Gasteiger partial charge in [0.05, 0.1) is 47.0 Å². The van der Waals surface area contributed by atoms with Gasteiger partial charge in [0.2, 0.25) is 11.8 Å². The van der Waals surface area contributed by atoms with E-state index in [2.05, 4.69) is 79.1 Å². The molecule has 3 fully saturated rings. The lowest BCUT2D eigenvalue weighted by atomic mass is 9.94. The molecule has 76 heavy (non-hydrogen) atoms. The van der Waals surface area contributed by atoms with Crippen LogP contribution >= 0.6 is 11.6 Å². The Morgan fingerprint density at radius 2 is 1.71 bits per heavy atom. The summed E-state index contributed by atoms with van der Waals surface area (Å²) in [5.74, 6) is 0.642. The van der Waals surface area contributed by atoms with E-state index in [1.807, 2.05) is 50.2 Å². The molecular formula is C57H65ClN12O6. The molecule has 4 aromatic carbocycles. The number of benzene rings is 4. The second-order valence-corrected chi connectivity index (χ2v) is 21.2. The van der Waals surface area contributed by atoms with Gasteiger partial charge in [0, 0.05) is 80.0 Å². The zero-order valence-electron chi connectivity index (χ0n) is 43.3. The number of phenols is 2. The summed E-state index contributed by atoms with van der Waals surface area (Å²) in [6.07, 6.45) is 5.29. The molecule has 0 spiro atoms. The summed E-state index contributed by atoms with van der Waals surface area (Å²) < 4.78 is 8.04. The van der Waals surface area contributed by atoms with E-state index in [1.165, 1.54) is 16.7 Å². The number of ether oxygens (including phenoxy) is 1. The first kappa shape index (κ1) is 52.0. The normalized spacial score (nSPS) is 19.5. The number of fused-ring (bicyclic) bond motifs is 2. The van der Waals surface area contributed by atoms with Crippen LogP contribution in [0.5, 0.6) is 23.5 Å². The van der Waals surface area contributed by atoms with Crippen LogP contribution in [-0.2, 0) is 29.0 Å². The Morgan fingerprint density at radius 3 is 2.46 bits per heavy atom. The first-order valence-electron chi connectivity index (χ1n) is 26.3. The van der Waals surface area contributed by atoms with E-state index >= 15 is 0 Å². The highest BCUT2D eigenvalue weighted by Crippen LogP contribution is 2.40. The molecule has 3 atom stereocenters. The van der Waals surface area contributed by atoms with Gasteiger partial charge in [-0.2, -0.15) is 15.2 Å². The molecule has 4 aliphatic rings. The Kier molecular flexibility index (Phi) is 15.3. The summed E-state index contributed by atoms with van der Waals surface area (Å²) in [5, 5.41) is 55.4. The van der Waals surface area contributed by atoms with E-state index in [4.69, 9.17) is 26.3 Å². The average Bonchev–Trinajstić information content (AvgIpc) is 4.01. The van der Waals surface area contributed by atoms with Gasteiger partial charge in [0.1, 0.15) is 23.9 Å². The van der Waals surface area contributed by atoms with Gasteiger partial charge in [0.15, 0.2) is 5.82 Å². The van der Waals surface area contributed by atoms with Crippen molar-refractivity contribution in [2.45, 2.75) is 83.0 Å². The minimum atomic E-state index is -0.336. The van der Waals surface area contributed by atoms with Crippen molar-refractivity contribution in [1.82, 2.24) is 44.7 Å². The molecule has 4 aliphatic heterocycles. The number of halogens is 1. The molecule has 4 N–H and O–H groups in total. The summed E-state index contributed by atoms with van der Waals surface area (Å²) in [6.45, 7) is 13.7. The standard InChI is InChI=1S/C57H65ClN12O6/c1-5-51(73)69-27-26-68(32-40(69)16-21-59)53-43-20-25-67(48-11-7-9-37-8-6-10-46(58)52(37)48)33-47(43)61-56(62-53)76-34-42-28-41(31-65(42)4)66-23-18-38(19-24-66)55(74)60-22-17-36-12-14-39(15-13-36)70-54(63-64-57(70)75)45-29-44(35(2)3)49(71)30-50(45)72/h5-15,29-30,35,38,40-42,71-72H,1,16-20,22-28,31-34H2,2-4H3,(H,60,74)(H,64,75)/t40-,41-,42-/m0/s1. The third-order valence-corrected chi connectivity index (χ3v) is 16.1. The van der Waals surface area contributed by atoms with Gasteiger partial charge in [0.25, 0.3) is 0 Å². The van der Waals surface area contributed by atoms with Crippen LogP contribution in [0.2, 0.25) is 5.02 Å². The minimum Gasteiger partial charge on any atom is -0.508 e. The number of anilines is 2. The molecule has 0 radical (unpaired) electrons. The van der Waals surface area contributed by atoms with Crippen LogP contribution in [0.25, 0.3) is 27.8 Å². The van der Waals surface area contributed by atoms with Crippen molar-refractivity contribution in [2.24, 2.45) is 5.92 Å². The molecule has 2 aromatic heterocycles. The number of hydrogen-bond donors (Lipinski definition) is 4. The lowest BCUT2D eigenvalue weighted by molar-refractivity contribution is -0.128.